The molecule has 25 heavy (non-hydrogen) atoms. The van der Waals surface area contributed by atoms with Crippen molar-refractivity contribution < 1.29 is 4.79 Å². The van der Waals surface area contributed by atoms with E-state index in [2.05, 4.69) is 21.6 Å². The molecule has 1 aliphatic carbocycles. The molecule has 132 valence electrons. The minimum absolute atomic E-state index is 0.137. The third-order valence-electron chi connectivity index (χ3n) is 5.14. The minimum atomic E-state index is -0.211. The number of rotatable bonds is 4. The largest absolute Gasteiger partial charge is 0.311 e. The number of amides is 1. The second kappa shape index (κ2) is 7.15. The second-order valence-corrected chi connectivity index (χ2v) is 8.13. The molecule has 2 aliphatic rings. The van der Waals surface area contributed by atoms with Crippen molar-refractivity contribution in [1.29, 1.82) is 0 Å². The van der Waals surface area contributed by atoms with Gasteiger partial charge >= 0.3 is 0 Å². The van der Waals surface area contributed by atoms with Gasteiger partial charge in [-0.2, -0.15) is 0 Å². The molecule has 1 aliphatic heterocycles. The number of tetrazole rings is 1. The molecule has 0 radical (unpaired) electrons. The van der Waals surface area contributed by atoms with Crippen molar-refractivity contribution in [2.45, 2.75) is 61.9 Å². The molecule has 1 unspecified atom stereocenters. The van der Waals surface area contributed by atoms with Crippen molar-refractivity contribution in [2.24, 2.45) is 0 Å². The summed E-state index contributed by atoms with van der Waals surface area (Å²) in [5.74, 6) is 0.137. The van der Waals surface area contributed by atoms with Gasteiger partial charge in [-0.25, -0.2) is 4.68 Å². The average molecular weight is 357 g/mol. The first-order valence-electron chi connectivity index (χ1n) is 9.08. The van der Waals surface area contributed by atoms with Crippen LogP contribution in [0.2, 0.25) is 0 Å². The van der Waals surface area contributed by atoms with E-state index in [1.165, 1.54) is 30.2 Å². The number of hydrogen-bond acceptors (Lipinski definition) is 5. The highest BCUT2D eigenvalue weighted by Crippen LogP contribution is 2.34. The van der Waals surface area contributed by atoms with Gasteiger partial charge in [0.05, 0.1) is 11.3 Å². The highest BCUT2D eigenvalue weighted by Gasteiger charge is 2.29. The molecular weight excluding hydrogens is 334 g/mol. The molecule has 0 bridgehead atoms. The van der Waals surface area contributed by atoms with Gasteiger partial charge in [0.25, 0.3) is 0 Å². The van der Waals surface area contributed by atoms with Gasteiger partial charge in [-0.1, -0.05) is 42.8 Å². The molecule has 1 amide bonds. The summed E-state index contributed by atoms with van der Waals surface area (Å²) in [7, 11) is 0. The lowest BCUT2D eigenvalue weighted by atomic mass is 10.0. The predicted molar refractivity (Wildman–Crippen MR) is 97.8 cm³/mol. The Bertz CT molecular complexity index is 755. The van der Waals surface area contributed by atoms with Gasteiger partial charge in [0.15, 0.2) is 0 Å². The monoisotopic (exact) mass is 357 g/mol. The number of thioether (sulfide) groups is 1. The van der Waals surface area contributed by atoms with Gasteiger partial charge < -0.3 is 4.90 Å². The molecule has 2 aromatic rings. The van der Waals surface area contributed by atoms with Crippen LogP contribution in [0, 0.1) is 0 Å². The number of carbonyl (C=O) groups excluding carboxylic acids is 1. The molecule has 0 saturated heterocycles. The van der Waals surface area contributed by atoms with E-state index in [9.17, 15) is 4.79 Å². The zero-order valence-corrected chi connectivity index (χ0v) is 15.3. The summed E-state index contributed by atoms with van der Waals surface area (Å²) in [5, 5.41) is 12.7. The molecule has 1 saturated carbocycles. The Morgan fingerprint density at radius 2 is 2.04 bits per heavy atom. The molecule has 7 heteroatoms. The highest BCUT2D eigenvalue weighted by atomic mass is 32.2. The molecule has 1 aromatic heterocycles. The zero-order valence-electron chi connectivity index (χ0n) is 14.5. The molecule has 4 rings (SSSR count). The fourth-order valence-corrected chi connectivity index (χ4v) is 4.75. The number of benzene rings is 1. The molecule has 2 heterocycles. The third kappa shape index (κ3) is 3.29. The van der Waals surface area contributed by atoms with Crippen molar-refractivity contribution in [3.63, 3.8) is 0 Å². The Balaban J connectivity index is 1.50. The zero-order chi connectivity index (χ0) is 17.2. The van der Waals surface area contributed by atoms with Crippen molar-refractivity contribution >= 4 is 23.4 Å². The lowest BCUT2D eigenvalue weighted by Crippen LogP contribution is -2.40. The second-order valence-electron chi connectivity index (χ2n) is 6.83. The van der Waals surface area contributed by atoms with Gasteiger partial charge in [0.2, 0.25) is 11.1 Å². The smallest absolute Gasteiger partial charge is 0.240 e. The Morgan fingerprint density at radius 1 is 1.24 bits per heavy atom. The van der Waals surface area contributed by atoms with Crippen LogP contribution in [0.4, 0.5) is 5.69 Å². The van der Waals surface area contributed by atoms with Crippen molar-refractivity contribution in [2.75, 3.05) is 11.4 Å². The summed E-state index contributed by atoms with van der Waals surface area (Å²) in [6.07, 6.45) is 6.77. The summed E-state index contributed by atoms with van der Waals surface area (Å²) in [4.78, 5) is 15.0. The van der Waals surface area contributed by atoms with Crippen LogP contribution in [-0.2, 0) is 11.2 Å². The van der Waals surface area contributed by atoms with Crippen molar-refractivity contribution in [1.82, 2.24) is 20.2 Å². The molecular formula is C18H23N5OS. The highest BCUT2D eigenvalue weighted by molar-refractivity contribution is 8.00. The number of carbonyl (C=O) groups is 1. The molecule has 1 atom stereocenters. The molecule has 1 aromatic carbocycles. The van der Waals surface area contributed by atoms with E-state index >= 15 is 0 Å². The van der Waals surface area contributed by atoms with Crippen LogP contribution in [0.3, 0.4) is 0 Å². The normalized spacial score (nSPS) is 19.0. The van der Waals surface area contributed by atoms with Crippen LogP contribution in [-0.4, -0.2) is 37.9 Å². The van der Waals surface area contributed by atoms with Gasteiger partial charge in [0.1, 0.15) is 0 Å². The van der Waals surface area contributed by atoms with Crippen molar-refractivity contribution in [3.05, 3.63) is 29.8 Å². The van der Waals surface area contributed by atoms with Crippen LogP contribution in [0.1, 0.15) is 50.6 Å². The first-order valence-corrected chi connectivity index (χ1v) is 9.96. The Kier molecular flexibility index (Phi) is 4.74. The summed E-state index contributed by atoms with van der Waals surface area (Å²) < 4.78 is 1.92. The summed E-state index contributed by atoms with van der Waals surface area (Å²) >= 11 is 1.48. The maximum Gasteiger partial charge on any atom is 0.240 e. The summed E-state index contributed by atoms with van der Waals surface area (Å²) in [6.45, 7) is 2.74. The number of nitrogens with zero attached hydrogens (tertiary/aromatic N) is 5. The lowest BCUT2D eigenvalue weighted by Gasteiger charge is -2.31. The fourth-order valence-electron chi connectivity index (χ4n) is 3.83. The van der Waals surface area contributed by atoms with E-state index in [0.29, 0.717) is 6.04 Å². The topological polar surface area (TPSA) is 63.9 Å². The average Bonchev–Trinajstić information content (AvgIpc) is 3.32. The van der Waals surface area contributed by atoms with Gasteiger partial charge in [0, 0.05) is 12.2 Å². The van der Waals surface area contributed by atoms with E-state index in [1.807, 2.05) is 34.7 Å². The Labute approximate surface area is 152 Å². The molecule has 6 nitrogen and oxygen atoms in total. The van der Waals surface area contributed by atoms with E-state index in [1.54, 1.807) is 0 Å². The van der Waals surface area contributed by atoms with Gasteiger partial charge in [-0.05, 0) is 54.7 Å². The molecule has 1 fully saturated rings. The maximum atomic E-state index is 13.0. The standard InChI is InChI=1S/C18H23N5OS/c1-13(25-18-19-20-21-23(18)15-9-3-4-10-15)17(24)22-12-6-8-14-7-2-5-11-16(14)22/h2,5,7,11,13,15H,3-4,6,8-10,12H2,1H3. The quantitative estimate of drug-likeness (QED) is 0.786. The van der Waals surface area contributed by atoms with Gasteiger partial charge in [-0.15, -0.1) is 5.10 Å². The lowest BCUT2D eigenvalue weighted by molar-refractivity contribution is -0.117. The first kappa shape index (κ1) is 16.6. The Morgan fingerprint density at radius 3 is 2.88 bits per heavy atom. The predicted octanol–water partition coefficient (Wildman–Crippen LogP) is 3.25. The first-order chi connectivity index (χ1) is 12.2. The van der Waals surface area contributed by atoms with Crippen molar-refractivity contribution in [3.8, 4) is 0 Å². The molecule has 0 spiro atoms. The van der Waals surface area contributed by atoms with E-state index in [4.69, 9.17) is 0 Å². The summed E-state index contributed by atoms with van der Waals surface area (Å²) in [5.41, 5.74) is 2.32. The minimum Gasteiger partial charge on any atom is -0.311 e. The number of hydrogen-bond donors (Lipinski definition) is 0. The number of aryl methyl sites for hydroxylation is 1. The van der Waals surface area contributed by atoms with Gasteiger partial charge in [-0.3, -0.25) is 4.79 Å². The van der Waals surface area contributed by atoms with E-state index in [-0.39, 0.29) is 11.2 Å². The number of para-hydroxylation sites is 1. The number of aromatic nitrogens is 4. The number of fused-ring (bicyclic) bond motifs is 1. The maximum absolute atomic E-state index is 13.0. The van der Waals surface area contributed by atoms with E-state index < -0.39 is 0 Å². The van der Waals surface area contributed by atoms with Crippen LogP contribution < -0.4 is 4.90 Å². The van der Waals surface area contributed by atoms with Crippen LogP contribution in [0.25, 0.3) is 0 Å². The SMILES string of the molecule is CC(Sc1nnnn1C1CCCC1)C(=O)N1CCCc2ccccc21. The number of anilines is 1. The fraction of sp³-hybridized carbons (Fsp3) is 0.556. The summed E-state index contributed by atoms with van der Waals surface area (Å²) in [6, 6.07) is 8.60. The van der Waals surface area contributed by atoms with Crippen LogP contribution >= 0.6 is 11.8 Å². The molecule has 0 N–H and O–H groups in total. The van der Waals surface area contributed by atoms with E-state index in [0.717, 1.165) is 43.1 Å². The van der Waals surface area contributed by atoms with Crippen LogP contribution in [0.5, 0.6) is 0 Å². The van der Waals surface area contributed by atoms with Crippen LogP contribution in [0.15, 0.2) is 29.4 Å². The third-order valence-corrected chi connectivity index (χ3v) is 6.17. The Hall–Kier alpha value is -1.89.